The summed E-state index contributed by atoms with van der Waals surface area (Å²) in [6.07, 6.45) is 3.40. The van der Waals surface area contributed by atoms with Gasteiger partial charge in [0.05, 0.1) is 17.1 Å². The molecule has 3 aromatic rings. The highest BCUT2D eigenvalue weighted by atomic mass is 16.2. The highest BCUT2D eigenvalue weighted by Gasteiger charge is 2.29. The SMILES string of the molecule is O=C(N[C@H](c1ccccc1)C1CCC1)c1ccc2[nH]c(=O)c(=O)[nH]c2c1. The number of benzene rings is 2. The van der Waals surface area contributed by atoms with Gasteiger partial charge in [-0.05, 0) is 42.5 Å². The van der Waals surface area contributed by atoms with E-state index < -0.39 is 11.1 Å². The first-order chi connectivity index (χ1) is 12.6. The zero-order chi connectivity index (χ0) is 18.1. The second kappa shape index (κ2) is 6.63. The molecule has 1 amide bonds. The van der Waals surface area contributed by atoms with Crippen molar-refractivity contribution in [2.24, 2.45) is 5.92 Å². The van der Waals surface area contributed by atoms with Crippen molar-refractivity contribution in [3.8, 4) is 0 Å². The molecule has 4 rings (SSSR count). The van der Waals surface area contributed by atoms with Gasteiger partial charge in [0.2, 0.25) is 0 Å². The molecule has 6 heteroatoms. The second-order valence-electron chi connectivity index (χ2n) is 6.72. The van der Waals surface area contributed by atoms with Gasteiger partial charge in [-0.1, -0.05) is 36.8 Å². The van der Waals surface area contributed by atoms with Crippen LogP contribution in [0.1, 0.15) is 41.2 Å². The molecular formula is C20H19N3O3. The van der Waals surface area contributed by atoms with Crippen molar-refractivity contribution < 1.29 is 4.79 Å². The van der Waals surface area contributed by atoms with E-state index in [1.54, 1.807) is 18.2 Å². The largest absolute Gasteiger partial charge is 0.345 e. The lowest BCUT2D eigenvalue weighted by molar-refractivity contribution is 0.0901. The van der Waals surface area contributed by atoms with Crippen LogP contribution in [0, 0.1) is 5.92 Å². The van der Waals surface area contributed by atoms with E-state index >= 15 is 0 Å². The van der Waals surface area contributed by atoms with Crippen molar-refractivity contribution in [1.29, 1.82) is 0 Å². The third-order valence-corrected chi connectivity index (χ3v) is 5.05. The molecule has 6 nitrogen and oxygen atoms in total. The fourth-order valence-electron chi connectivity index (χ4n) is 3.39. The average Bonchev–Trinajstić information content (AvgIpc) is 2.61. The Bertz CT molecular complexity index is 1060. The normalized spacial score (nSPS) is 15.4. The van der Waals surface area contributed by atoms with Crippen LogP contribution in [0.15, 0.2) is 58.1 Å². The standard InChI is InChI=1S/C20H19N3O3/c24-18(14-9-10-15-16(11-14)22-20(26)19(25)21-15)23-17(13-7-4-8-13)12-5-2-1-3-6-12/h1-3,5-6,9-11,13,17H,4,7-8H2,(H,21,25)(H,22,26)(H,23,24)/t17-/m1/s1. The number of hydrogen-bond donors (Lipinski definition) is 3. The molecule has 132 valence electrons. The zero-order valence-electron chi connectivity index (χ0n) is 14.1. The molecule has 1 aliphatic rings. The first kappa shape index (κ1) is 16.3. The number of amides is 1. The van der Waals surface area contributed by atoms with E-state index in [1.165, 1.54) is 6.42 Å². The van der Waals surface area contributed by atoms with Crippen LogP contribution < -0.4 is 16.4 Å². The summed E-state index contributed by atoms with van der Waals surface area (Å²) in [6.45, 7) is 0. The van der Waals surface area contributed by atoms with Gasteiger partial charge in [0.1, 0.15) is 0 Å². The third kappa shape index (κ3) is 3.06. The summed E-state index contributed by atoms with van der Waals surface area (Å²) < 4.78 is 0. The topological polar surface area (TPSA) is 94.8 Å². The van der Waals surface area contributed by atoms with E-state index in [9.17, 15) is 14.4 Å². The van der Waals surface area contributed by atoms with Crippen LogP contribution >= 0.6 is 0 Å². The van der Waals surface area contributed by atoms with Crippen LogP contribution in [0.3, 0.4) is 0 Å². The molecule has 3 N–H and O–H groups in total. The maximum absolute atomic E-state index is 12.8. The monoisotopic (exact) mass is 349 g/mol. The van der Waals surface area contributed by atoms with Crippen LogP contribution in [0.2, 0.25) is 0 Å². The minimum absolute atomic E-state index is 0.0252. The van der Waals surface area contributed by atoms with Gasteiger partial charge in [-0.2, -0.15) is 0 Å². The van der Waals surface area contributed by atoms with E-state index in [4.69, 9.17) is 0 Å². The lowest BCUT2D eigenvalue weighted by Gasteiger charge is -2.34. The molecule has 0 spiro atoms. The molecule has 26 heavy (non-hydrogen) atoms. The number of hydrogen-bond acceptors (Lipinski definition) is 3. The Labute approximate surface area is 149 Å². The number of nitrogens with one attached hydrogen (secondary N) is 3. The fourth-order valence-corrected chi connectivity index (χ4v) is 3.39. The third-order valence-electron chi connectivity index (χ3n) is 5.05. The predicted molar refractivity (Wildman–Crippen MR) is 99.2 cm³/mol. The zero-order valence-corrected chi connectivity index (χ0v) is 14.1. The van der Waals surface area contributed by atoms with E-state index in [1.807, 2.05) is 30.3 Å². The number of H-pyrrole nitrogens is 2. The Kier molecular flexibility index (Phi) is 4.16. The van der Waals surface area contributed by atoms with Gasteiger partial charge in [0.15, 0.2) is 0 Å². The molecule has 2 aromatic carbocycles. The number of aromatic nitrogens is 2. The molecular weight excluding hydrogens is 330 g/mol. The maximum atomic E-state index is 12.8. The van der Waals surface area contributed by atoms with E-state index in [-0.39, 0.29) is 11.9 Å². The summed E-state index contributed by atoms with van der Waals surface area (Å²) in [4.78, 5) is 40.7. The van der Waals surface area contributed by atoms with Crippen LogP contribution in [0.5, 0.6) is 0 Å². The number of aromatic amines is 2. The molecule has 0 bridgehead atoms. The molecule has 1 atom stereocenters. The first-order valence-corrected chi connectivity index (χ1v) is 8.74. The van der Waals surface area contributed by atoms with Gasteiger partial charge < -0.3 is 15.3 Å². The maximum Gasteiger partial charge on any atom is 0.314 e. The average molecular weight is 349 g/mol. The molecule has 1 saturated carbocycles. The Morgan fingerprint density at radius 3 is 2.31 bits per heavy atom. The quantitative estimate of drug-likeness (QED) is 0.632. The molecule has 1 aromatic heterocycles. The fraction of sp³-hybridized carbons (Fsp3) is 0.250. The first-order valence-electron chi connectivity index (χ1n) is 8.74. The second-order valence-corrected chi connectivity index (χ2v) is 6.72. The summed E-state index contributed by atoms with van der Waals surface area (Å²) >= 11 is 0. The number of rotatable bonds is 4. The van der Waals surface area contributed by atoms with E-state index in [2.05, 4.69) is 15.3 Å². The summed E-state index contributed by atoms with van der Waals surface area (Å²) in [5.74, 6) is 0.248. The van der Waals surface area contributed by atoms with Crippen molar-refractivity contribution in [3.05, 3.63) is 80.4 Å². The Balaban J connectivity index is 1.63. The van der Waals surface area contributed by atoms with Crippen molar-refractivity contribution in [3.63, 3.8) is 0 Å². The van der Waals surface area contributed by atoms with Gasteiger partial charge in [0.25, 0.3) is 5.91 Å². The van der Waals surface area contributed by atoms with Gasteiger partial charge in [0, 0.05) is 5.56 Å². The minimum Gasteiger partial charge on any atom is -0.345 e. The van der Waals surface area contributed by atoms with Gasteiger partial charge in [-0.3, -0.25) is 14.4 Å². The van der Waals surface area contributed by atoms with E-state index in [0.717, 1.165) is 18.4 Å². The van der Waals surface area contributed by atoms with Crippen molar-refractivity contribution in [2.75, 3.05) is 0 Å². The smallest absolute Gasteiger partial charge is 0.314 e. The van der Waals surface area contributed by atoms with E-state index in [0.29, 0.717) is 22.5 Å². The summed E-state index contributed by atoms with van der Waals surface area (Å²) in [6, 6.07) is 14.8. The molecule has 1 aliphatic carbocycles. The van der Waals surface area contributed by atoms with Crippen molar-refractivity contribution in [2.45, 2.75) is 25.3 Å². The number of carbonyl (C=O) groups is 1. The summed E-state index contributed by atoms with van der Waals surface area (Å²) in [7, 11) is 0. The Hall–Kier alpha value is -3.15. The van der Waals surface area contributed by atoms with Gasteiger partial charge >= 0.3 is 11.1 Å². The summed E-state index contributed by atoms with van der Waals surface area (Å²) in [5, 5.41) is 3.14. The van der Waals surface area contributed by atoms with Crippen molar-refractivity contribution >= 4 is 16.9 Å². The van der Waals surface area contributed by atoms with Crippen LogP contribution in [0.25, 0.3) is 11.0 Å². The van der Waals surface area contributed by atoms with Crippen LogP contribution in [-0.2, 0) is 0 Å². The lowest BCUT2D eigenvalue weighted by atomic mass is 9.77. The van der Waals surface area contributed by atoms with Crippen molar-refractivity contribution in [1.82, 2.24) is 15.3 Å². The molecule has 0 radical (unpaired) electrons. The molecule has 0 unspecified atom stereocenters. The highest BCUT2D eigenvalue weighted by Crippen LogP contribution is 2.37. The molecule has 0 saturated heterocycles. The number of fused-ring (bicyclic) bond motifs is 1. The lowest BCUT2D eigenvalue weighted by Crippen LogP contribution is -2.36. The molecule has 1 heterocycles. The van der Waals surface area contributed by atoms with Crippen LogP contribution in [0.4, 0.5) is 0 Å². The molecule has 1 fully saturated rings. The Morgan fingerprint density at radius 2 is 1.65 bits per heavy atom. The predicted octanol–water partition coefficient (Wildman–Crippen LogP) is 2.49. The summed E-state index contributed by atoms with van der Waals surface area (Å²) in [5.41, 5.74) is 1.03. The highest BCUT2D eigenvalue weighted by molar-refractivity contribution is 5.97. The minimum atomic E-state index is -0.730. The van der Waals surface area contributed by atoms with Gasteiger partial charge in [-0.25, -0.2) is 0 Å². The van der Waals surface area contributed by atoms with Crippen LogP contribution in [-0.4, -0.2) is 15.9 Å². The Morgan fingerprint density at radius 1 is 0.962 bits per heavy atom. The molecule has 0 aliphatic heterocycles. The van der Waals surface area contributed by atoms with Gasteiger partial charge in [-0.15, -0.1) is 0 Å². The number of carbonyl (C=O) groups excluding carboxylic acids is 1.